The van der Waals surface area contributed by atoms with Crippen LogP contribution in [0.25, 0.3) is 0 Å². The Morgan fingerprint density at radius 2 is 0.917 bits per heavy atom. The van der Waals surface area contributed by atoms with Crippen LogP contribution in [0, 0.1) is 0 Å². The molecule has 0 aromatic heterocycles. The lowest BCUT2D eigenvalue weighted by molar-refractivity contribution is -0.890. The number of hydrogen-bond donors (Lipinski definition) is 0. The molecule has 0 aliphatic carbocycles. The van der Waals surface area contributed by atoms with Crippen molar-refractivity contribution in [1.82, 2.24) is 0 Å². The van der Waals surface area contributed by atoms with Crippen LogP contribution in [0.4, 0.5) is 0 Å². The van der Waals surface area contributed by atoms with Gasteiger partial charge >= 0.3 is 0 Å². The van der Waals surface area contributed by atoms with Crippen LogP contribution in [0.15, 0.2) is 0 Å². The molecule has 0 saturated carbocycles. The first-order chi connectivity index (χ1) is 11.1. The van der Waals surface area contributed by atoms with Gasteiger partial charge in [0.2, 0.25) is 0 Å². The summed E-state index contributed by atoms with van der Waals surface area (Å²) in [6.45, 7) is 7.34. The molecule has 0 spiro atoms. The maximum absolute atomic E-state index is 9.08. The molecule has 4 nitrogen and oxygen atoms in total. The highest BCUT2D eigenvalue weighted by Gasteiger charge is 2.13. The minimum absolute atomic E-state index is 0.604. The molecule has 0 unspecified atom stereocenters. The predicted molar refractivity (Wildman–Crippen MR) is 104 cm³/mol. The molecule has 0 bridgehead atoms. The van der Waals surface area contributed by atoms with Crippen molar-refractivity contribution in [3.8, 4) is 0 Å². The van der Waals surface area contributed by atoms with E-state index in [4.69, 9.17) is 13.0 Å². The second-order valence-corrected chi connectivity index (χ2v) is 9.03. The Labute approximate surface area is 152 Å². The van der Waals surface area contributed by atoms with Crippen LogP contribution in [0.5, 0.6) is 0 Å². The zero-order valence-electron chi connectivity index (χ0n) is 17.0. The van der Waals surface area contributed by atoms with E-state index in [0.717, 1.165) is 0 Å². The summed E-state index contributed by atoms with van der Waals surface area (Å²) in [5.41, 5.74) is 0. The quantitative estimate of drug-likeness (QED) is 0.249. The van der Waals surface area contributed by atoms with Gasteiger partial charge in [-0.05, 0) is 25.7 Å². The molecule has 5 heteroatoms. The number of nitrogens with zero attached hydrogens (tertiary/aromatic N) is 1. The highest BCUT2D eigenvalue weighted by molar-refractivity contribution is 7.84. The number of unbranched alkanes of at least 4 members (excludes halogenated alkanes) is 10. The van der Waals surface area contributed by atoms with Crippen molar-refractivity contribution in [3.05, 3.63) is 0 Å². The summed E-state index contributed by atoms with van der Waals surface area (Å²) < 4.78 is 28.5. The van der Waals surface area contributed by atoms with Gasteiger partial charge < -0.3 is 9.04 Å². The molecule has 0 aromatic carbocycles. The maximum atomic E-state index is 9.08. The van der Waals surface area contributed by atoms with Gasteiger partial charge in [0.1, 0.15) is 0 Å². The Bertz CT molecular complexity index is 328. The van der Waals surface area contributed by atoms with Gasteiger partial charge in [0, 0.05) is 6.26 Å². The van der Waals surface area contributed by atoms with E-state index in [9.17, 15) is 0 Å². The molecule has 24 heavy (non-hydrogen) atoms. The summed E-state index contributed by atoms with van der Waals surface area (Å²) in [5, 5.41) is 0. The van der Waals surface area contributed by atoms with E-state index in [2.05, 4.69) is 27.9 Å². The smallest absolute Gasteiger partial charge is 0.0916 e. The van der Waals surface area contributed by atoms with Crippen molar-refractivity contribution in [3.63, 3.8) is 0 Å². The molecule has 148 valence electrons. The molecule has 0 amide bonds. The fraction of sp³-hybridized carbons (Fsp3) is 1.00. The van der Waals surface area contributed by atoms with Crippen molar-refractivity contribution in [2.75, 3.05) is 33.4 Å². The van der Waals surface area contributed by atoms with E-state index in [0.29, 0.717) is 6.26 Å². The average molecular weight is 366 g/mol. The Hall–Kier alpha value is -0.130. The van der Waals surface area contributed by atoms with E-state index in [1.54, 1.807) is 0 Å². The first kappa shape index (κ1) is 26.1. The molecular formula is C19H43NO3S. The van der Waals surface area contributed by atoms with Crippen molar-refractivity contribution in [2.24, 2.45) is 0 Å². The second-order valence-electron chi connectivity index (χ2n) is 7.62. The molecule has 0 radical (unpaired) electrons. The van der Waals surface area contributed by atoms with Gasteiger partial charge in [-0.15, -0.1) is 0 Å². The van der Waals surface area contributed by atoms with E-state index >= 15 is 0 Å². The van der Waals surface area contributed by atoms with Crippen LogP contribution in [0.2, 0.25) is 0 Å². The van der Waals surface area contributed by atoms with Crippen molar-refractivity contribution < 1.29 is 17.5 Å². The number of rotatable bonds is 14. The third kappa shape index (κ3) is 29.8. The molecule has 0 saturated heterocycles. The summed E-state index contributed by atoms with van der Waals surface area (Å²) in [7, 11) is 0.913. The van der Waals surface area contributed by atoms with Crippen LogP contribution in [-0.2, 0) is 10.1 Å². The minimum Gasteiger partial charge on any atom is -0.748 e. The molecule has 0 aromatic rings. The lowest BCUT2D eigenvalue weighted by Crippen LogP contribution is -2.41. The summed E-state index contributed by atoms with van der Waals surface area (Å²) in [6.07, 6.45) is 17.7. The first-order valence-electron chi connectivity index (χ1n) is 9.85. The third-order valence-corrected chi connectivity index (χ3v) is 4.23. The lowest BCUT2D eigenvalue weighted by atomic mass is 10.1. The summed E-state index contributed by atoms with van der Waals surface area (Å²) in [5.74, 6) is 0. The Morgan fingerprint density at radius 3 is 1.21 bits per heavy atom. The van der Waals surface area contributed by atoms with Crippen LogP contribution >= 0.6 is 0 Å². The van der Waals surface area contributed by atoms with Gasteiger partial charge in [0.15, 0.2) is 0 Å². The van der Waals surface area contributed by atoms with E-state index in [1.807, 2.05) is 0 Å². The molecule has 0 aliphatic heterocycles. The van der Waals surface area contributed by atoms with Crippen molar-refractivity contribution >= 4 is 10.1 Å². The topological polar surface area (TPSA) is 57.2 Å². The van der Waals surface area contributed by atoms with Crippen LogP contribution in [0.1, 0.15) is 90.9 Å². The predicted octanol–water partition coefficient (Wildman–Crippen LogP) is 4.95. The highest BCUT2D eigenvalue weighted by atomic mass is 32.2. The van der Waals surface area contributed by atoms with E-state index in [1.165, 1.54) is 94.6 Å². The Kier molecular flexibility index (Phi) is 17.8. The number of hydrogen-bond acceptors (Lipinski definition) is 3. The Morgan fingerprint density at radius 1 is 0.667 bits per heavy atom. The monoisotopic (exact) mass is 365 g/mol. The van der Waals surface area contributed by atoms with Crippen LogP contribution < -0.4 is 0 Å². The van der Waals surface area contributed by atoms with Gasteiger partial charge in [-0.25, -0.2) is 8.42 Å². The van der Waals surface area contributed by atoms with Gasteiger partial charge in [-0.1, -0.05) is 65.2 Å². The Balaban J connectivity index is 0. The SMILES string of the molecule is CCCCCCCC[N+](C)(C)CCCCCCCC.CS(=O)(=O)[O-]. The molecule has 0 fully saturated rings. The average Bonchev–Trinajstić information content (AvgIpc) is 2.44. The zero-order valence-corrected chi connectivity index (χ0v) is 17.8. The molecule has 0 atom stereocenters. The standard InChI is InChI=1S/C18H40N.CH4O3S/c1-5-7-9-11-13-15-17-19(3,4)18-16-14-12-10-8-6-2;1-5(2,3)4/h5-18H2,1-4H3;1H3,(H,2,3,4)/q+1;/p-1. The fourth-order valence-corrected chi connectivity index (χ4v) is 2.75. The number of quaternary nitrogens is 1. The lowest BCUT2D eigenvalue weighted by Gasteiger charge is -2.30. The minimum atomic E-state index is -3.92. The van der Waals surface area contributed by atoms with Crippen LogP contribution in [0.3, 0.4) is 0 Å². The van der Waals surface area contributed by atoms with Gasteiger partial charge in [0.05, 0.1) is 37.3 Å². The summed E-state index contributed by atoms with van der Waals surface area (Å²) >= 11 is 0. The third-order valence-electron chi connectivity index (χ3n) is 4.23. The fourth-order valence-electron chi connectivity index (χ4n) is 2.75. The molecule has 0 heterocycles. The second kappa shape index (κ2) is 16.3. The summed E-state index contributed by atoms with van der Waals surface area (Å²) in [6, 6.07) is 0. The van der Waals surface area contributed by atoms with E-state index < -0.39 is 10.1 Å². The highest BCUT2D eigenvalue weighted by Crippen LogP contribution is 2.11. The first-order valence-corrected chi connectivity index (χ1v) is 11.7. The van der Waals surface area contributed by atoms with Crippen molar-refractivity contribution in [2.45, 2.75) is 90.9 Å². The molecule has 0 N–H and O–H groups in total. The maximum Gasteiger partial charge on any atom is 0.0916 e. The normalized spacial score (nSPS) is 11.9. The van der Waals surface area contributed by atoms with Gasteiger partial charge in [-0.2, -0.15) is 0 Å². The molecule has 0 aliphatic rings. The van der Waals surface area contributed by atoms with Crippen molar-refractivity contribution in [1.29, 1.82) is 0 Å². The van der Waals surface area contributed by atoms with Crippen LogP contribution in [-0.4, -0.2) is 50.9 Å². The summed E-state index contributed by atoms with van der Waals surface area (Å²) in [4.78, 5) is 0. The van der Waals surface area contributed by atoms with E-state index in [-0.39, 0.29) is 0 Å². The van der Waals surface area contributed by atoms with Gasteiger partial charge in [0.25, 0.3) is 0 Å². The molecular weight excluding hydrogens is 322 g/mol. The largest absolute Gasteiger partial charge is 0.748 e. The van der Waals surface area contributed by atoms with Gasteiger partial charge in [-0.3, -0.25) is 0 Å². The zero-order chi connectivity index (χ0) is 18.9. The molecule has 0 rings (SSSR count).